The van der Waals surface area contributed by atoms with Crippen molar-refractivity contribution in [2.24, 2.45) is 5.92 Å². The standard InChI is InChI=1S/C7H10N4O/c1-6-2-7(1,12-3-6)4-11-5-8-9-10-11/h5-6H,1-4H2. The van der Waals surface area contributed by atoms with E-state index in [2.05, 4.69) is 15.5 Å². The molecule has 1 saturated carbocycles. The molecule has 1 aromatic rings. The number of hydrogen-bond donors (Lipinski definition) is 0. The second-order valence-electron chi connectivity index (χ2n) is 3.78. The van der Waals surface area contributed by atoms with Gasteiger partial charge in [0.05, 0.1) is 18.8 Å². The Morgan fingerprint density at radius 2 is 2.50 bits per heavy atom. The lowest BCUT2D eigenvalue weighted by Gasteiger charge is -2.35. The number of nitrogens with zero attached hydrogens (tertiary/aromatic N) is 4. The fourth-order valence-electron chi connectivity index (χ4n) is 2.25. The van der Waals surface area contributed by atoms with E-state index in [1.807, 2.05) is 0 Å². The van der Waals surface area contributed by atoms with E-state index >= 15 is 0 Å². The van der Waals surface area contributed by atoms with E-state index in [1.54, 1.807) is 11.0 Å². The summed E-state index contributed by atoms with van der Waals surface area (Å²) in [5, 5.41) is 11.0. The van der Waals surface area contributed by atoms with Crippen molar-refractivity contribution in [3.8, 4) is 0 Å². The van der Waals surface area contributed by atoms with Gasteiger partial charge >= 0.3 is 0 Å². The first-order valence-electron chi connectivity index (χ1n) is 4.21. The van der Waals surface area contributed by atoms with Crippen LogP contribution < -0.4 is 0 Å². The molecule has 12 heavy (non-hydrogen) atoms. The molecule has 0 radical (unpaired) electrons. The quantitative estimate of drug-likeness (QED) is 0.613. The summed E-state index contributed by atoms with van der Waals surface area (Å²) in [4.78, 5) is 0. The van der Waals surface area contributed by atoms with Crippen molar-refractivity contribution in [3.05, 3.63) is 6.33 Å². The molecular formula is C7H10N4O. The Kier molecular flexibility index (Phi) is 1.11. The number of fused-ring (bicyclic) bond motifs is 1. The fraction of sp³-hybridized carbons (Fsp3) is 0.857. The van der Waals surface area contributed by atoms with Crippen LogP contribution in [0.4, 0.5) is 0 Å². The van der Waals surface area contributed by atoms with E-state index in [1.165, 1.54) is 12.8 Å². The van der Waals surface area contributed by atoms with Gasteiger partial charge in [-0.3, -0.25) is 0 Å². The first kappa shape index (κ1) is 6.54. The molecule has 0 spiro atoms. The monoisotopic (exact) mass is 166 g/mol. The lowest BCUT2D eigenvalue weighted by Crippen LogP contribution is -2.40. The van der Waals surface area contributed by atoms with Gasteiger partial charge in [0.15, 0.2) is 0 Å². The van der Waals surface area contributed by atoms with Crippen LogP contribution in [0.3, 0.4) is 0 Å². The number of tetrazole rings is 1. The van der Waals surface area contributed by atoms with E-state index in [0.717, 1.165) is 19.1 Å². The van der Waals surface area contributed by atoms with Crippen LogP contribution in [0.5, 0.6) is 0 Å². The van der Waals surface area contributed by atoms with Crippen molar-refractivity contribution in [1.29, 1.82) is 0 Å². The maximum absolute atomic E-state index is 5.67. The van der Waals surface area contributed by atoms with Crippen LogP contribution in [0.1, 0.15) is 12.8 Å². The van der Waals surface area contributed by atoms with Gasteiger partial charge in [0.1, 0.15) is 6.33 Å². The number of ether oxygens (including phenoxy) is 1. The molecule has 5 nitrogen and oxygen atoms in total. The molecule has 0 aromatic carbocycles. The van der Waals surface area contributed by atoms with Gasteiger partial charge in [0, 0.05) is 0 Å². The molecule has 1 aliphatic carbocycles. The third-order valence-electron chi connectivity index (χ3n) is 2.79. The van der Waals surface area contributed by atoms with Crippen LogP contribution in [-0.2, 0) is 11.3 Å². The van der Waals surface area contributed by atoms with Gasteiger partial charge in [-0.25, -0.2) is 4.68 Å². The lowest BCUT2D eigenvalue weighted by molar-refractivity contribution is -0.0167. The highest BCUT2D eigenvalue weighted by Gasteiger charge is 2.52. The van der Waals surface area contributed by atoms with Crippen LogP contribution in [0, 0.1) is 5.92 Å². The van der Waals surface area contributed by atoms with Crippen molar-refractivity contribution in [1.82, 2.24) is 20.2 Å². The Bertz CT molecular complexity index is 272. The molecule has 0 unspecified atom stereocenters. The SMILES string of the molecule is c1nnnn1CC12CC(CO1)C2. The first-order valence-corrected chi connectivity index (χ1v) is 4.21. The smallest absolute Gasteiger partial charge is 0.138 e. The van der Waals surface area contributed by atoms with Crippen LogP contribution in [0.2, 0.25) is 0 Å². The summed E-state index contributed by atoms with van der Waals surface area (Å²) < 4.78 is 7.42. The fourth-order valence-corrected chi connectivity index (χ4v) is 2.25. The lowest BCUT2D eigenvalue weighted by atomic mass is 9.75. The molecule has 2 aliphatic heterocycles. The van der Waals surface area contributed by atoms with Crippen LogP contribution in [-0.4, -0.2) is 32.4 Å². The molecule has 1 aromatic heterocycles. The molecule has 2 bridgehead atoms. The highest BCUT2D eigenvalue weighted by Crippen LogP contribution is 2.48. The highest BCUT2D eigenvalue weighted by atomic mass is 16.5. The zero-order chi connectivity index (χ0) is 8.02. The van der Waals surface area contributed by atoms with Crippen molar-refractivity contribution in [3.63, 3.8) is 0 Å². The zero-order valence-corrected chi connectivity index (χ0v) is 6.68. The molecule has 5 heteroatoms. The van der Waals surface area contributed by atoms with Gasteiger partial charge in [-0.1, -0.05) is 0 Å². The van der Waals surface area contributed by atoms with Crippen molar-refractivity contribution in [2.75, 3.05) is 6.61 Å². The van der Waals surface area contributed by atoms with Crippen molar-refractivity contribution < 1.29 is 4.74 Å². The topological polar surface area (TPSA) is 52.8 Å². The summed E-state index contributed by atoms with van der Waals surface area (Å²) in [6.45, 7) is 1.75. The van der Waals surface area contributed by atoms with Gasteiger partial charge in [-0.15, -0.1) is 5.10 Å². The Labute approximate surface area is 69.7 Å². The molecule has 0 N–H and O–H groups in total. The molecule has 3 heterocycles. The molecule has 2 saturated heterocycles. The van der Waals surface area contributed by atoms with E-state index in [9.17, 15) is 0 Å². The number of hydrogen-bond acceptors (Lipinski definition) is 4. The Morgan fingerprint density at radius 3 is 3.08 bits per heavy atom. The van der Waals surface area contributed by atoms with E-state index in [-0.39, 0.29) is 5.60 Å². The number of aromatic nitrogens is 4. The molecule has 3 fully saturated rings. The average Bonchev–Trinajstić information content (AvgIpc) is 2.61. The summed E-state index contributed by atoms with van der Waals surface area (Å²) in [6, 6.07) is 0. The minimum Gasteiger partial charge on any atom is -0.373 e. The molecule has 3 aliphatic rings. The van der Waals surface area contributed by atoms with Gasteiger partial charge in [-0.2, -0.15) is 0 Å². The minimum absolute atomic E-state index is 0.0834. The maximum Gasteiger partial charge on any atom is 0.138 e. The van der Waals surface area contributed by atoms with Crippen molar-refractivity contribution in [2.45, 2.75) is 25.0 Å². The molecule has 0 atom stereocenters. The zero-order valence-electron chi connectivity index (χ0n) is 6.68. The first-order chi connectivity index (χ1) is 5.86. The summed E-state index contributed by atoms with van der Waals surface area (Å²) in [5.41, 5.74) is 0.0834. The van der Waals surface area contributed by atoms with E-state index in [4.69, 9.17) is 4.74 Å². The van der Waals surface area contributed by atoms with Crippen LogP contribution in [0.25, 0.3) is 0 Å². The Morgan fingerprint density at radius 1 is 1.58 bits per heavy atom. The summed E-state index contributed by atoms with van der Waals surface area (Å²) in [6.07, 6.45) is 4.02. The van der Waals surface area contributed by atoms with Gasteiger partial charge < -0.3 is 4.74 Å². The van der Waals surface area contributed by atoms with Crippen LogP contribution >= 0.6 is 0 Å². The maximum atomic E-state index is 5.67. The summed E-state index contributed by atoms with van der Waals surface area (Å²) >= 11 is 0. The van der Waals surface area contributed by atoms with E-state index < -0.39 is 0 Å². The second-order valence-corrected chi connectivity index (χ2v) is 3.78. The van der Waals surface area contributed by atoms with E-state index in [0.29, 0.717) is 0 Å². The van der Waals surface area contributed by atoms with Gasteiger partial charge in [0.2, 0.25) is 0 Å². The predicted molar refractivity (Wildman–Crippen MR) is 39.2 cm³/mol. The van der Waals surface area contributed by atoms with Gasteiger partial charge in [0.25, 0.3) is 0 Å². The molecule has 0 amide bonds. The van der Waals surface area contributed by atoms with Crippen LogP contribution in [0.15, 0.2) is 6.33 Å². The predicted octanol–water partition coefficient (Wildman–Crippen LogP) is -0.148. The Balaban J connectivity index is 1.76. The average molecular weight is 166 g/mol. The Hall–Kier alpha value is -0.970. The normalized spacial score (nSPS) is 38.2. The molecular weight excluding hydrogens is 156 g/mol. The number of rotatable bonds is 2. The largest absolute Gasteiger partial charge is 0.373 e. The molecule has 4 rings (SSSR count). The third kappa shape index (κ3) is 0.797. The molecule has 64 valence electrons. The second kappa shape index (κ2) is 2.04. The summed E-state index contributed by atoms with van der Waals surface area (Å²) in [7, 11) is 0. The minimum atomic E-state index is 0.0834. The third-order valence-corrected chi connectivity index (χ3v) is 2.79. The highest BCUT2D eigenvalue weighted by molar-refractivity contribution is 5.00. The van der Waals surface area contributed by atoms with Gasteiger partial charge in [-0.05, 0) is 29.2 Å². The van der Waals surface area contributed by atoms with Crippen molar-refractivity contribution >= 4 is 0 Å². The summed E-state index contributed by atoms with van der Waals surface area (Å²) in [5.74, 6) is 0.807.